The summed E-state index contributed by atoms with van der Waals surface area (Å²) in [7, 11) is 1.91. The number of carbonyl (C=O) groups is 2. The molecule has 3 rings (SSSR count). The Bertz CT molecular complexity index is 1230. The van der Waals surface area contributed by atoms with Gasteiger partial charge in [0.05, 0.1) is 24.1 Å². The van der Waals surface area contributed by atoms with Crippen LogP contribution in [-0.2, 0) is 6.54 Å². The van der Waals surface area contributed by atoms with Gasteiger partial charge in [0.25, 0.3) is 11.8 Å². The highest BCUT2D eigenvalue weighted by molar-refractivity contribution is 6.31. The number of nitrogens with zero attached hydrogens (tertiary/aromatic N) is 2. The van der Waals surface area contributed by atoms with Crippen molar-refractivity contribution in [2.24, 2.45) is 5.10 Å². The minimum absolute atomic E-state index is 0.0882. The maximum absolute atomic E-state index is 12.8. The van der Waals surface area contributed by atoms with Crippen molar-refractivity contribution < 1.29 is 14.7 Å². The Morgan fingerprint density at radius 1 is 1.00 bits per heavy atom. The molecule has 0 aliphatic heterocycles. The maximum Gasteiger partial charge on any atom is 0.273 e. The van der Waals surface area contributed by atoms with E-state index in [4.69, 9.17) is 16.7 Å². The van der Waals surface area contributed by atoms with Crippen molar-refractivity contribution in [3.05, 3.63) is 99.1 Å². The third kappa shape index (κ3) is 7.48. The molecule has 2 amide bonds. The highest BCUT2D eigenvalue weighted by Crippen LogP contribution is 2.22. The zero-order chi connectivity index (χ0) is 25.4. The van der Waals surface area contributed by atoms with Gasteiger partial charge in [-0.05, 0) is 73.5 Å². The number of benzene rings is 3. The number of rotatable bonds is 9. The molecule has 0 aliphatic rings. The SMILES string of the molecule is Cc1ccc(/C=N/NC(=O)c2cc(Cl)ccc2NC(=O)c2ccc(CN(C)CCO)cc2)cc1C. The summed E-state index contributed by atoms with van der Waals surface area (Å²) in [5.41, 5.74) is 7.66. The van der Waals surface area contributed by atoms with Gasteiger partial charge >= 0.3 is 0 Å². The van der Waals surface area contributed by atoms with Gasteiger partial charge in [0, 0.05) is 23.7 Å². The number of aliphatic hydroxyl groups is 1. The summed E-state index contributed by atoms with van der Waals surface area (Å²) in [6.07, 6.45) is 1.56. The smallest absolute Gasteiger partial charge is 0.273 e. The number of aliphatic hydroxyl groups excluding tert-OH is 1. The van der Waals surface area contributed by atoms with E-state index in [-0.39, 0.29) is 18.1 Å². The molecule has 7 nitrogen and oxygen atoms in total. The fourth-order valence-electron chi connectivity index (χ4n) is 3.40. The van der Waals surface area contributed by atoms with E-state index in [2.05, 4.69) is 15.8 Å². The van der Waals surface area contributed by atoms with Crippen LogP contribution in [-0.4, -0.2) is 48.2 Å². The third-order valence-corrected chi connectivity index (χ3v) is 5.77. The predicted molar refractivity (Wildman–Crippen MR) is 140 cm³/mol. The molecule has 0 radical (unpaired) electrons. The summed E-state index contributed by atoms with van der Waals surface area (Å²) in [5, 5.41) is 16.2. The number of carbonyl (C=O) groups excluding carboxylic acids is 2. The number of nitrogens with one attached hydrogen (secondary N) is 2. The predicted octanol–water partition coefficient (Wildman–Crippen LogP) is 4.40. The molecule has 35 heavy (non-hydrogen) atoms. The molecule has 0 unspecified atom stereocenters. The molecule has 0 bridgehead atoms. The second-order valence-electron chi connectivity index (χ2n) is 8.35. The summed E-state index contributed by atoms with van der Waals surface area (Å²) in [4.78, 5) is 27.6. The van der Waals surface area contributed by atoms with E-state index in [0.29, 0.717) is 29.4 Å². The lowest BCUT2D eigenvalue weighted by Crippen LogP contribution is -2.22. The van der Waals surface area contributed by atoms with E-state index in [1.165, 1.54) is 11.6 Å². The first-order valence-electron chi connectivity index (χ1n) is 11.2. The largest absolute Gasteiger partial charge is 0.395 e. The monoisotopic (exact) mass is 492 g/mol. The van der Waals surface area contributed by atoms with Crippen molar-refractivity contribution in [3.63, 3.8) is 0 Å². The molecule has 0 heterocycles. The van der Waals surface area contributed by atoms with E-state index in [1.807, 2.05) is 56.1 Å². The van der Waals surface area contributed by atoms with Crippen LogP contribution >= 0.6 is 11.6 Å². The Balaban J connectivity index is 1.69. The van der Waals surface area contributed by atoms with Crippen LogP contribution in [0.15, 0.2) is 65.8 Å². The highest BCUT2D eigenvalue weighted by Gasteiger charge is 2.15. The van der Waals surface area contributed by atoms with Gasteiger partial charge in [-0.3, -0.25) is 14.5 Å². The number of hydrogen-bond acceptors (Lipinski definition) is 5. The van der Waals surface area contributed by atoms with Crippen LogP contribution in [0.1, 0.15) is 43.0 Å². The Kier molecular flexibility index (Phi) is 9.14. The average molecular weight is 493 g/mol. The van der Waals surface area contributed by atoms with Gasteiger partial charge in [0.1, 0.15) is 0 Å². The number of aryl methyl sites for hydroxylation is 2. The fourth-order valence-corrected chi connectivity index (χ4v) is 3.57. The molecule has 182 valence electrons. The molecule has 3 N–H and O–H groups in total. The maximum atomic E-state index is 12.8. The second kappa shape index (κ2) is 12.3. The lowest BCUT2D eigenvalue weighted by atomic mass is 10.1. The number of anilines is 1. The normalized spacial score (nSPS) is 11.1. The highest BCUT2D eigenvalue weighted by atomic mass is 35.5. The van der Waals surface area contributed by atoms with E-state index in [1.54, 1.807) is 30.5 Å². The number of amides is 2. The molecule has 0 spiro atoms. The first kappa shape index (κ1) is 26.1. The average Bonchev–Trinajstić information content (AvgIpc) is 2.83. The van der Waals surface area contributed by atoms with Crippen LogP contribution in [0.25, 0.3) is 0 Å². The standard InChI is InChI=1S/C27H29ClN4O3/c1-18-4-5-21(14-19(18)2)16-29-31-27(35)24-15-23(28)10-11-25(24)30-26(34)22-8-6-20(7-9-22)17-32(3)12-13-33/h4-11,14-16,33H,12-13,17H2,1-3H3,(H,30,34)(H,31,35)/b29-16+. The molecule has 0 atom stereocenters. The van der Waals surface area contributed by atoms with Gasteiger partial charge in [-0.15, -0.1) is 0 Å². The number of likely N-dealkylation sites (N-methyl/N-ethyl adjacent to an activating group) is 1. The van der Waals surface area contributed by atoms with E-state index < -0.39 is 5.91 Å². The van der Waals surface area contributed by atoms with Crippen molar-refractivity contribution >= 4 is 35.3 Å². The molecule has 8 heteroatoms. The summed E-state index contributed by atoms with van der Waals surface area (Å²) in [6.45, 7) is 5.35. The zero-order valence-corrected chi connectivity index (χ0v) is 20.8. The van der Waals surface area contributed by atoms with Crippen LogP contribution < -0.4 is 10.7 Å². The molecular formula is C27H29ClN4O3. The van der Waals surface area contributed by atoms with Gasteiger partial charge in [0.15, 0.2) is 0 Å². The lowest BCUT2D eigenvalue weighted by molar-refractivity contribution is 0.0956. The van der Waals surface area contributed by atoms with Crippen molar-refractivity contribution in [1.82, 2.24) is 10.3 Å². The first-order chi connectivity index (χ1) is 16.8. The fraction of sp³-hybridized carbons (Fsp3) is 0.222. The quantitative estimate of drug-likeness (QED) is 0.305. The molecule has 0 saturated heterocycles. The van der Waals surface area contributed by atoms with Crippen LogP contribution in [0.2, 0.25) is 5.02 Å². The molecule has 0 fully saturated rings. The van der Waals surface area contributed by atoms with Crippen LogP contribution in [0, 0.1) is 13.8 Å². The van der Waals surface area contributed by atoms with Gasteiger partial charge < -0.3 is 10.4 Å². The van der Waals surface area contributed by atoms with Gasteiger partial charge in [0.2, 0.25) is 0 Å². The van der Waals surface area contributed by atoms with E-state index in [9.17, 15) is 9.59 Å². The zero-order valence-electron chi connectivity index (χ0n) is 20.0. The van der Waals surface area contributed by atoms with Gasteiger partial charge in [-0.2, -0.15) is 5.10 Å². The first-order valence-corrected chi connectivity index (χ1v) is 11.5. The van der Waals surface area contributed by atoms with Crippen LogP contribution in [0.5, 0.6) is 0 Å². The van der Waals surface area contributed by atoms with Crippen molar-refractivity contribution in [3.8, 4) is 0 Å². The second-order valence-corrected chi connectivity index (χ2v) is 8.78. The molecule has 0 aromatic heterocycles. The number of halogens is 1. The molecule has 0 saturated carbocycles. The molecule has 3 aromatic rings. The van der Waals surface area contributed by atoms with Gasteiger partial charge in [-0.1, -0.05) is 41.9 Å². The summed E-state index contributed by atoms with van der Waals surface area (Å²) < 4.78 is 0. The van der Waals surface area contributed by atoms with Crippen molar-refractivity contribution in [2.45, 2.75) is 20.4 Å². The Hall–Kier alpha value is -3.52. The van der Waals surface area contributed by atoms with E-state index >= 15 is 0 Å². The van der Waals surface area contributed by atoms with Crippen molar-refractivity contribution in [2.75, 3.05) is 25.5 Å². The van der Waals surface area contributed by atoms with Crippen molar-refractivity contribution in [1.29, 1.82) is 0 Å². The topological polar surface area (TPSA) is 94.0 Å². The van der Waals surface area contributed by atoms with Crippen LogP contribution in [0.4, 0.5) is 5.69 Å². The Morgan fingerprint density at radius 3 is 2.43 bits per heavy atom. The van der Waals surface area contributed by atoms with Gasteiger partial charge in [-0.25, -0.2) is 5.43 Å². The number of hydrazone groups is 1. The molecule has 0 aliphatic carbocycles. The Morgan fingerprint density at radius 2 is 1.74 bits per heavy atom. The minimum Gasteiger partial charge on any atom is -0.395 e. The number of hydrogen-bond donors (Lipinski definition) is 3. The molecule has 3 aromatic carbocycles. The molecular weight excluding hydrogens is 464 g/mol. The van der Waals surface area contributed by atoms with Crippen LogP contribution in [0.3, 0.4) is 0 Å². The lowest BCUT2D eigenvalue weighted by Gasteiger charge is -2.15. The summed E-state index contributed by atoms with van der Waals surface area (Å²) in [5.74, 6) is -0.847. The summed E-state index contributed by atoms with van der Waals surface area (Å²) in [6, 6.07) is 17.7. The van der Waals surface area contributed by atoms with E-state index in [0.717, 1.165) is 16.7 Å². The minimum atomic E-state index is -0.495. The Labute approximate surface area is 210 Å². The summed E-state index contributed by atoms with van der Waals surface area (Å²) >= 11 is 6.11. The third-order valence-electron chi connectivity index (χ3n) is 5.54.